The Morgan fingerprint density at radius 1 is 0.939 bits per heavy atom. The summed E-state index contributed by atoms with van der Waals surface area (Å²) in [5.41, 5.74) is 1.45. The molecule has 0 unspecified atom stereocenters. The highest BCUT2D eigenvalue weighted by molar-refractivity contribution is 7.92. The van der Waals surface area contributed by atoms with Gasteiger partial charge >= 0.3 is 0 Å². The number of rotatable bonds is 12. The number of benzene rings is 2. The quantitative estimate of drug-likeness (QED) is 0.513. The normalized spacial score (nSPS) is 13.1. The second-order valence-corrected chi connectivity index (χ2v) is 10.1. The van der Waals surface area contributed by atoms with Crippen LogP contribution in [-0.4, -0.2) is 56.6 Å². The summed E-state index contributed by atoms with van der Waals surface area (Å²) < 4.78 is 26.1. The van der Waals surface area contributed by atoms with Gasteiger partial charge in [-0.3, -0.25) is 13.9 Å². The molecule has 0 saturated carbocycles. The van der Waals surface area contributed by atoms with Gasteiger partial charge in [0.2, 0.25) is 21.8 Å². The fraction of sp³-hybridized carbons (Fsp3) is 0.440. The molecule has 0 spiro atoms. The average molecular weight is 474 g/mol. The fourth-order valence-corrected chi connectivity index (χ4v) is 4.39. The standard InChI is InChI=1S/C25H35N3O4S/c1-5-20(3)26-25(30)23(6-2)27(18-17-21-13-9-7-10-14-21)24(29)19-28(33(4,31)32)22-15-11-8-12-16-22/h7-16,20,23H,5-6,17-19H2,1-4H3,(H,26,30)/t20-,23+/m1/s1. The first kappa shape index (κ1) is 26.4. The predicted molar refractivity (Wildman–Crippen MR) is 132 cm³/mol. The number of hydrogen-bond acceptors (Lipinski definition) is 4. The van der Waals surface area contributed by atoms with Gasteiger partial charge in [0.15, 0.2) is 0 Å². The number of amides is 2. The summed E-state index contributed by atoms with van der Waals surface area (Å²) in [5.74, 6) is -0.634. The zero-order valence-electron chi connectivity index (χ0n) is 19.9. The van der Waals surface area contributed by atoms with Gasteiger partial charge in [-0.25, -0.2) is 8.42 Å². The molecule has 2 atom stereocenters. The van der Waals surface area contributed by atoms with Gasteiger partial charge in [0.25, 0.3) is 0 Å². The van der Waals surface area contributed by atoms with E-state index in [0.29, 0.717) is 25.1 Å². The van der Waals surface area contributed by atoms with Crippen LogP contribution < -0.4 is 9.62 Å². The maximum absolute atomic E-state index is 13.5. The molecule has 2 aromatic carbocycles. The first-order chi connectivity index (χ1) is 15.7. The van der Waals surface area contributed by atoms with Crippen molar-refractivity contribution in [3.63, 3.8) is 0 Å². The Kier molecular flexibility index (Phi) is 9.91. The summed E-state index contributed by atoms with van der Waals surface area (Å²) in [6.45, 7) is 5.69. The van der Waals surface area contributed by atoms with E-state index >= 15 is 0 Å². The first-order valence-corrected chi connectivity index (χ1v) is 13.2. The molecule has 1 N–H and O–H groups in total. The van der Waals surface area contributed by atoms with E-state index < -0.39 is 22.0 Å². The van der Waals surface area contributed by atoms with E-state index in [1.54, 1.807) is 30.3 Å². The summed E-state index contributed by atoms with van der Waals surface area (Å²) in [4.78, 5) is 28.0. The van der Waals surface area contributed by atoms with E-state index in [2.05, 4.69) is 5.32 Å². The van der Waals surface area contributed by atoms with Gasteiger partial charge in [-0.2, -0.15) is 0 Å². The van der Waals surface area contributed by atoms with E-state index in [4.69, 9.17) is 0 Å². The largest absolute Gasteiger partial charge is 0.352 e. The molecule has 0 aliphatic rings. The molecule has 0 aliphatic carbocycles. The molecule has 7 nitrogen and oxygen atoms in total. The van der Waals surface area contributed by atoms with Crippen molar-refractivity contribution in [2.75, 3.05) is 23.7 Å². The van der Waals surface area contributed by atoms with Crippen LogP contribution in [0.4, 0.5) is 5.69 Å². The van der Waals surface area contributed by atoms with E-state index in [0.717, 1.165) is 22.5 Å². The molecular formula is C25H35N3O4S. The predicted octanol–water partition coefficient (Wildman–Crippen LogP) is 3.22. The Labute approximate surface area is 197 Å². The minimum absolute atomic E-state index is 0.0190. The molecule has 0 saturated heterocycles. The summed E-state index contributed by atoms with van der Waals surface area (Å²) >= 11 is 0. The van der Waals surface area contributed by atoms with Crippen molar-refractivity contribution >= 4 is 27.5 Å². The SMILES string of the molecule is CC[C@@H](C)NC(=O)[C@H](CC)N(CCc1ccccc1)C(=O)CN(c1ccccc1)S(C)(=O)=O. The lowest BCUT2D eigenvalue weighted by Gasteiger charge is -2.33. The van der Waals surface area contributed by atoms with Crippen LogP contribution in [0, 0.1) is 0 Å². The Bertz CT molecular complexity index is 997. The van der Waals surface area contributed by atoms with Gasteiger partial charge < -0.3 is 10.2 Å². The number of sulfonamides is 1. The van der Waals surface area contributed by atoms with Gasteiger partial charge in [-0.15, -0.1) is 0 Å². The van der Waals surface area contributed by atoms with Crippen LogP contribution in [0.25, 0.3) is 0 Å². The Hall–Kier alpha value is -2.87. The van der Waals surface area contributed by atoms with Gasteiger partial charge in [-0.05, 0) is 43.9 Å². The van der Waals surface area contributed by atoms with Gasteiger partial charge in [0.05, 0.1) is 11.9 Å². The van der Waals surface area contributed by atoms with Crippen LogP contribution in [0.1, 0.15) is 39.2 Å². The van der Waals surface area contributed by atoms with Crippen LogP contribution in [0.15, 0.2) is 60.7 Å². The second-order valence-electron chi connectivity index (χ2n) is 8.17. The van der Waals surface area contributed by atoms with E-state index in [-0.39, 0.29) is 18.5 Å². The van der Waals surface area contributed by atoms with Crippen LogP contribution in [-0.2, 0) is 26.0 Å². The second kappa shape index (κ2) is 12.4. The van der Waals surface area contributed by atoms with Crippen molar-refractivity contribution in [1.29, 1.82) is 0 Å². The minimum Gasteiger partial charge on any atom is -0.352 e. The molecule has 180 valence electrons. The lowest BCUT2D eigenvalue weighted by molar-refractivity contribution is -0.139. The van der Waals surface area contributed by atoms with Crippen molar-refractivity contribution in [1.82, 2.24) is 10.2 Å². The summed E-state index contributed by atoms with van der Waals surface area (Å²) in [6.07, 6.45) is 2.83. The van der Waals surface area contributed by atoms with Crippen molar-refractivity contribution in [2.45, 2.75) is 52.1 Å². The number of nitrogens with zero attached hydrogens (tertiary/aromatic N) is 2. The first-order valence-electron chi connectivity index (χ1n) is 11.3. The topological polar surface area (TPSA) is 86.8 Å². The Balaban J connectivity index is 2.33. The number of carbonyl (C=O) groups excluding carboxylic acids is 2. The monoisotopic (exact) mass is 473 g/mol. The Morgan fingerprint density at radius 2 is 1.52 bits per heavy atom. The van der Waals surface area contributed by atoms with E-state index in [1.807, 2.05) is 51.1 Å². The van der Waals surface area contributed by atoms with E-state index in [1.165, 1.54) is 4.90 Å². The zero-order chi connectivity index (χ0) is 24.4. The molecular weight excluding hydrogens is 438 g/mol. The maximum Gasteiger partial charge on any atom is 0.244 e. The third-order valence-corrected chi connectivity index (χ3v) is 6.74. The lowest BCUT2D eigenvalue weighted by Crippen LogP contribution is -2.54. The molecule has 0 bridgehead atoms. The van der Waals surface area contributed by atoms with Gasteiger partial charge in [0, 0.05) is 12.6 Å². The van der Waals surface area contributed by atoms with E-state index in [9.17, 15) is 18.0 Å². The summed E-state index contributed by atoms with van der Waals surface area (Å²) in [7, 11) is -3.70. The van der Waals surface area contributed by atoms with Crippen molar-refractivity contribution in [2.24, 2.45) is 0 Å². The highest BCUT2D eigenvalue weighted by Crippen LogP contribution is 2.18. The fourth-order valence-electron chi connectivity index (χ4n) is 3.54. The number of para-hydroxylation sites is 1. The smallest absolute Gasteiger partial charge is 0.244 e. The average Bonchev–Trinajstić information content (AvgIpc) is 2.80. The van der Waals surface area contributed by atoms with Crippen molar-refractivity contribution in [3.8, 4) is 0 Å². The van der Waals surface area contributed by atoms with Crippen molar-refractivity contribution in [3.05, 3.63) is 66.2 Å². The molecule has 2 aromatic rings. The molecule has 2 amide bonds. The van der Waals surface area contributed by atoms with Gasteiger partial charge in [-0.1, -0.05) is 62.4 Å². The van der Waals surface area contributed by atoms with Crippen LogP contribution in [0.3, 0.4) is 0 Å². The minimum atomic E-state index is -3.70. The highest BCUT2D eigenvalue weighted by Gasteiger charge is 2.31. The Morgan fingerprint density at radius 3 is 2.03 bits per heavy atom. The molecule has 0 fully saturated rings. The maximum atomic E-state index is 13.5. The molecule has 0 radical (unpaired) electrons. The van der Waals surface area contributed by atoms with Crippen LogP contribution in [0.2, 0.25) is 0 Å². The van der Waals surface area contributed by atoms with Crippen LogP contribution >= 0.6 is 0 Å². The third-order valence-electron chi connectivity index (χ3n) is 5.59. The highest BCUT2D eigenvalue weighted by atomic mass is 32.2. The molecule has 2 rings (SSSR count). The van der Waals surface area contributed by atoms with Gasteiger partial charge in [0.1, 0.15) is 12.6 Å². The molecule has 33 heavy (non-hydrogen) atoms. The zero-order valence-corrected chi connectivity index (χ0v) is 20.7. The molecule has 0 heterocycles. The number of anilines is 1. The number of nitrogens with one attached hydrogen (secondary N) is 1. The number of hydrogen-bond donors (Lipinski definition) is 1. The van der Waals surface area contributed by atoms with Crippen LogP contribution in [0.5, 0.6) is 0 Å². The summed E-state index contributed by atoms with van der Waals surface area (Å²) in [6, 6.07) is 17.5. The molecule has 8 heteroatoms. The summed E-state index contributed by atoms with van der Waals surface area (Å²) in [5, 5.41) is 2.96. The molecule has 0 aliphatic heterocycles. The molecule has 0 aromatic heterocycles. The number of carbonyl (C=O) groups is 2. The van der Waals surface area contributed by atoms with Crippen molar-refractivity contribution < 1.29 is 18.0 Å². The third kappa shape index (κ3) is 7.89. The lowest BCUT2D eigenvalue weighted by atomic mass is 10.1.